The van der Waals surface area contributed by atoms with Crippen LogP contribution in [0, 0.1) is 0 Å². The predicted octanol–water partition coefficient (Wildman–Crippen LogP) is 1.24. The molecule has 0 bridgehead atoms. The summed E-state index contributed by atoms with van der Waals surface area (Å²) in [7, 11) is 0. The molecular weight excluding hydrogens is 278 g/mol. The van der Waals surface area contributed by atoms with Crippen molar-refractivity contribution in [2.24, 2.45) is 5.73 Å². The van der Waals surface area contributed by atoms with Gasteiger partial charge in [-0.2, -0.15) is 0 Å². The minimum atomic E-state index is -1.10. The lowest BCUT2D eigenvalue weighted by Crippen LogP contribution is -2.13. The molecule has 16 heavy (non-hydrogen) atoms. The highest BCUT2D eigenvalue weighted by molar-refractivity contribution is 9.10. The van der Waals surface area contributed by atoms with E-state index in [1.165, 1.54) is 12.1 Å². The highest BCUT2D eigenvalue weighted by atomic mass is 79.9. The molecule has 5 nitrogen and oxygen atoms in total. The molecule has 1 rings (SSSR count). The van der Waals surface area contributed by atoms with Gasteiger partial charge in [-0.3, -0.25) is 0 Å². The number of halogens is 1. The Morgan fingerprint density at radius 2 is 2.12 bits per heavy atom. The number of hydrogen-bond donors (Lipinski definition) is 4. The number of aliphatic hydroxyl groups excluding tert-OH is 1. The Hall–Kier alpha value is -1.11. The van der Waals surface area contributed by atoms with Crippen LogP contribution in [0.2, 0.25) is 0 Å². The smallest absolute Gasteiger partial charge is 0.335 e. The summed E-state index contributed by atoms with van der Waals surface area (Å²) in [6.45, 7) is -0.129. The van der Waals surface area contributed by atoms with Crippen LogP contribution >= 0.6 is 15.9 Å². The van der Waals surface area contributed by atoms with Gasteiger partial charge in [0.05, 0.1) is 10.0 Å². The number of carboxylic acid groups (broad SMARTS) is 1. The maximum Gasteiger partial charge on any atom is 0.335 e. The maximum absolute atomic E-state index is 10.8. The van der Waals surface area contributed by atoms with Crippen molar-refractivity contribution in [3.63, 3.8) is 0 Å². The first-order valence-corrected chi connectivity index (χ1v) is 5.38. The molecule has 0 heterocycles. The number of rotatable bonds is 4. The Bertz CT molecular complexity index is 408. The fourth-order valence-corrected chi connectivity index (χ4v) is 1.80. The van der Waals surface area contributed by atoms with E-state index in [0.717, 1.165) is 0 Å². The minimum absolute atomic E-state index is 0.0352. The molecule has 0 unspecified atom stereocenters. The summed E-state index contributed by atoms with van der Waals surface area (Å²) in [5.41, 5.74) is 6.05. The van der Waals surface area contributed by atoms with Crippen molar-refractivity contribution in [2.45, 2.75) is 12.5 Å². The quantitative estimate of drug-likeness (QED) is 0.668. The van der Waals surface area contributed by atoms with Crippen molar-refractivity contribution in [2.75, 3.05) is 6.61 Å². The van der Waals surface area contributed by atoms with E-state index in [0.29, 0.717) is 5.56 Å². The first-order chi connectivity index (χ1) is 7.47. The molecule has 0 aliphatic rings. The summed E-state index contributed by atoms with van der Waals surface area (Å²) in [6, 6.07) is 2.01. The second-order valence-electron chi connectivity index (χ2n) is 3.32. The molecule has 0 radical (unpaired) electrons. The van der Waals surface area contributed by atoms with Crippen LogP contribution in [0.15, 0.2) is 16.6 Å². The zero-order valence-corrected chi connectivity index (χ0v) is 9.94. The number of phenolic OH excluding ortho intramolecular Hbond substituents is 1. The maximum atomic E-state index is 10.8. The molecule has 0 amide bonds. The highest BCUT2D eigenvalue weighted by Gasteiger charge is 2.16. The molecule has 5 N–H and O–H groups in total. The number of aliphatic hydroxyl groups is 1. The molecule has 1 aromatic rings. The summed E-state index contributed by atoms with van der Waals surface area (Å²) in [4.78, 5) is 10.8. The average Bonchev–Trinajstić information content (AvgIpc) is 2.21. The number of aromatic hydroxyl groups is 1. The zero-order valence-electron chi connectivity index (χ0n) is 8.35. The molecule has 0 saturated carbocycles. The number of phenols is 1. The van der Waals surface area contributed by atoms with Crippen molar-refractivity contribution >= 4 is 21.9 Å². The monoisotopic (exact) mass is 289 g/mol. The summed E-state index contributed by atoms with van der Waals surface area (Å²) in [5.74, 6) is -1.19. The number of carboxylic acids is 1. The Kier molecular flexibility index (Phi) is 4.28. The Morgan fingerprint density at radius 3 is 2.62 bits per heavy atom. The summed E-state index contributed by atoms with van der Waals surface area (Å²) in [5, 5.41) is 27.3. The van der Waals surface area contributed by atoms with E-state index in [1.807, 2.05) is 0 Å². The summed E-state index contributed by atoms with van der Waals surface area (Å²) < 4.78 is 0.274. The molecule has 0 fully saturated rings. The molecule has 1 atom stereocenters. The minimum Gasteiger partial charge on any atom is -0.506 e. The van der Waals surface area contributed by atoms with Gasteiger partial charge in [-0.05, 0) is 34.5 Å². The van der Waals surface area contributed by atoms with Crippen LogP contribution in [0.1, 0.15) is 28.4 Å². The topological polar surface area (TPSA) is 104 Å². The third kappa shape index (κ3) is 2.72. The zero-order chi connectivity index (χ0) is 12.3. The van der Waals surface area contributed by atoms with E-state index >= 15 is 0 Å². The van der Waals surface area contributed by atoms with Gasteiger partial charge in [-0.25, -0.2) is 4.79 Å². The summed E-state index contributed by atoms with van der Waals surface area (Å²) >= 11 is 3.05. The van der Waals surface area contributed by atoms with Gasteiger partial charge in [0.25, 0.3) is 0 Å². The molecule has 1 aromatic carbocycles. The second kappa shape index (κ2) is 5.29. The third-order valence-corrected chi connectivity index (χ3v) is 2.78. The predicted molar refractivity (Wildman–Crippen MR) is 61.4 cm³/mol. The van der Waals surface area contributed by atoms with E-state index < -0.39 is 12.0 Å². The van der Waals surface area contributed by atoms with Gasteiger partial charge >= 0.3 is 5.97 Å². The summed E-state index contributed by atoms with van der Waals surface area (Å²) in [6.07, 6.45) is 0.253. The average molecular weight is 290 g/mol. The Morgan fingerprint density at radius 1 is 1.50 bits per heavy atom. The van der Waals surface area contributed by atoms with Crippen molar-refractivity contribution in [3.05, 3.63) is 27.7 Å². The SMILES string of the molecule is N[C@@H](CCO)c1cc(C(=O)O)cc(Br)c1O. The van der Waals surface area contributed by atoms with Crippen molar-refractivity contribution in [3.8, 4) is 5.75 Å². The van der Waals surface area contributed by atoms with Crippen molar-refractivity contribution in [1.29, 1.82) is 0 Å². The molecule has 0 aliphatic heterocycles. The van der Waals surface area contributed by atoms with Crippen LogP contribution in [0.25, 0.3) is 0 Å². The van der Waals surface area contributed by atoms with Crippen LogP contribution in [-0.2, 0) is 0 Å². The lowest BCUT2D eigenvalue weighted by molar-refractivity contribution is 0.0696. The Labute approximate surface area is 101 Å². The van der Waals surface area contributed by atoms with Crippen LogP contribution in [-0.4, -0.2) is 27.9 Å². The fraction of sp³-hybridized carbons (Fsp3) is 0.300. The van der Waals surface area contributed by atoms with Gasteiger partial charge in [-0.1, -0.05) is 0 Å². The van der Waals surface area contributed by atoms with Crippen LogP contribution < -0.4 is 5.73 Å². The van der Waals surface area contributed by atoms with Gasteiger partial charge in [0, 0.05) is 18.2 Å². The number of carbonyl (C=O) groups is 1. The van der Waals surface area contributed by atoms with E-state index in [-0.39, 0.29) is 28.8 Å². The van der Waals surface area contributed by atoms with Crippen molar-refractivity contribution < 1.29 is 20.1 Å². The normalized spacial score (nSPS) is 12.4. The Balaban J connectivity index is 3.21. The molecule has 0 aliphatic carbocycles. The highest BCUT2D eigenvalue weighted by Crippen LogP contribution is 2.33. The van der Waals surface area contributed by atoms with E-state index in [1.54, 1.807) is 0 Å². The van der Waals surface area contributed by atoms with Gasteiger partial charge in [0.2, 0.25) is 0 Å². The lowest BCUT2D eigenvalue weighted by atomic mass is 10.0. The first kappa shape index (κ1) is 13.0. The van der Waals surface area contributed by atoms with E-state index in [2.05, 4.69) is 15.9 Å². The van der Waals surface area contributed by atoms with Crippen LogP contribution in [0.5, 0.6) is 5.75 Å². The standard InChI is InChI=1S/C10H12BrNO4/c11-7-4-5(10(15)16)3-6(9(7)14)8(12)1-2-13/h3-4,8,13-14H,1-2,12H2,(H,15,16)/t8-/m0/s1. The second-order valence-corrected chi connectivity index (χ2v) is 4.17. The van der Waals surface area contributed by atoms with Gasteiger partial charge in [0.1, 0.15) is 5.75 Å². The first-order valence-electron chi connectivity index (χ1n) is 4.59. The van der Waals surface area contributed by atoms with E-state index in [9.17, 15) is 9.90 Å². The fourth-order valence-electron chi connectivity index (χ4n) is 1.32. The molecule has 88 valence electrons. The number of aromatic carboxylic acids is 1. The molecular formula is C10H12BrNO4. The lowest BCUT2D eigenvalue weighted by Gasteiger charge is -2.14. The number of nitrogens with two attached hydrogens (primary N) is 1. The molecule has 0 saturated heterocycles. The largest absolute Gasteiger partial charge is 0.506 e. The number of benzene rings is 1. The molecule has 0 spiro atoms. The van der Waals surface area contributed by atoms with E-state index in [4.69, 9.17) is 15.9 Å². The van der Waals surface area contributed by atoms with Gasteiger partial charge in [0.15, 0.2) is 0 Å². The van der Waals surface area contributed by atoms with Gasteiger partial charge < -0.3 is 21.1 Å². The molecule has 6 heteroatoms. The third-order valence-electron chi connectivity index (χ3n) is 2.18. The van der Waals surface area contributed by atoms with Crippen LogP contribution in [0.4, 0.5) is 0 Å². The van der Waals surface area contributed by atoms with Crippen LogP contribution in [0.3, 0.4) is 0 Å². The van der Waals surface area contributed by atoms with Crippen molar-refractivity contribution in [1.82, 2.24) is 0 Å². The van der Waals surface area contributed by atoms with Gasteiger partial charge in [-0.15, -0.1) is 0 Å². The number of hydrogen-bond acceptors (Lipinski definition) is 4. The molecule has 0 aromatic heterocycles.